The van der Waals surface area contributed by atoms with E-state index in [2.05, 4.69) is 32.4 Å². The van der Waals surface area contributed by atoms with Crippen molar-refractivity contribution in [3.8, 4) is 23.1 Å². The highest BCUT2D eigenvalue weighted by atomic mass is 16.6. The molecule has 0 saturated carbocycles. The maximum absolute atomic E-state index is 5.98. The summed E-state index contributed by atoms with van der Waals surface area (Å²) in [6.45, 7) is 3.24. The van der Waals surface area contributed by atoms with Crippen molar-refractivity contribution in [2.75, 3.05) is 26.7 Å². The van der Waals surface area contributed by atoms with E-state index in [0.717, 1.165) is 36.8 Å². The number of fused-ring (bicyclic) bond motifs is 1. The second-order valence-corrected chi connectivity index (χ2v) is 7.79. The Bertz CT molecular complexity index is 963. The minimum Gasteiger partial charge on any atom is -0.486 e. The molecular formula is C20H24N6O3. The largest absolute Gasteiger partial charge is 0.486 e. The summed E-state index contributed by atoms with van der Waals surface area (Å²) in [5, 5.41) is 12.5. The van der Waals surface area contributed by atoms with Crippen molar-refractivity contribution in [3.05, 3.63) is 36.3 Å². The second-order valence-electron chi connectivity index (χ2n) is 7.79. The molecule has 0 N–H and O–H groups in total. The quantitative estimate of drug-likeness (QED) is 0.647. The summed E-state index contributed by atoms with van der Waals surface area (Å²) in [5.41, 5.74) is 0.573. The van der Waals surface area contributed by atoms with Gasteiger partial charge in [-0.3, -0.25) is 0 Å². The Morgan fingerprint density at radius 1 is 1.14 bits per heavy atom. The van der Waals surface area contributed by atoms with Gasteiger partial charge in [-0.15, -0.1) is 5.10 Å². The van der Waals surface area contributed by atoms with Gasteiger partial charge >= 0.3 is 0 Å². The molecule has 9 heteroatoms. The van der Waals surface area contributed by atoms with E-state index in [1.54, 1.807) is 10.9 Å². The molecule has 0 unspecified atom stereocenters. The number of para-hydroxylation sites is 2. The van der Waals surface area contributed by atoms with E-state index in [1.165, 1.54) is 12.8 Å². The van der Waals surface area contributed by atoms with Crippen molar-refractivity contribution in [3.63, 3.8) is 0 Å². The maximum atomic E-state index is 5.98. The van der Waals surface area contributed by atoms with Crippen LogP contribution in [0.5, 0.6) is 11.5 Å². The van der Waals surface area contributed by atoms with Crippen LogP contribution in [0.4, 0.5) is 0 Å². The Hall–Kier alpha value is -2.94. The van der Waals surface area contributed by atoms with E-state index in [4.69, 9.17) is 14.0 Å². The van der Waals surface area contributed by atoms with Crippen LogP contribution in [0.25, 0.3) is 11.6 Å². The van der Waals surface area contributed by atoms with Crippen LogP contribution in [0.3, 0.4) is 0 Å². The first kappa shape index (κ1) is 18.1. The van der Waals surface area contributed by atoms with Crippen molar-refractivity contribution in [2.24, 2.45) is 5.92 Å². The third-order valence-corrected chi connectivity index (χ3v) is 5.49. The predicted octanol–water partition coefficient (Wildman–Crippen LogP) is 2.05. The second kappa shape index (κ2) is 7.82. The minimum absolute atomic E-state index is 0.137. The van der Waals surface area contributed by atoms with Gasteiger partial charge in [0.25, 0.3) is 5.89 Å². The van der Waals surface area contributed by atoms with E-state index in [1.807, 2.05) is 24.3 Å². The normalized spacial score (nSPS) is 20.1. The van der Waals surface area contributed by atoms with Crippen LogP contribution in [-0.2, 0) is 13.0 Å². The van der Waals surface area contributed by atoms with E-state index in [9.17, 15) is 0 Å². The monoisotopic (exact) mass is 396 g/mol. The SMILES string of the molecule is CN1CCC(Cc2noc(-c3cn(C[C@@H]4COc5ccccc5O4)nn3)n2)CC1. The lowest BCUT2D eigenvalue weighted by Gasteiger charge is -2.27. The molecule has 2 aliphatic rings. The first-order valence-corrected chi connectivity index (χ1v) is 10.0. The molecule has 2 aromatic heterocycles. The van der Waals surface area contributed by atoms with E-state index in [0.29, 0.717) is 30.7 Å². The van der Waals surface area contributed by atoms with Crippen molar-refractivity contribution >= 4 is 0 Å². The molecule has 5 rings (SSSR count). The van der Waals surface area contributed by atoms with Gasteiger partial charge in [0.15, 0.2) is 29.1 Å². The van der Waals surface area contributed by atoms with Gasteiger partial charge in [0, 0.05) is 6.42 Å². The van der Waals surface area contributed by atoms with E-state index >= 15 is 0 Å². The van der Waals surface area contributed by atoms with Crippen molar-refractivity contribution in [2.45, 2.75) is 31.9 Å². The summed E-state index contributed by atoms with van der Waals surface area (Å²) in [6, 6.07) is 7.66. The van der Waals surface area contributed by atoms with Gasteiger partial charge in [0.05, 0.1) is 12.7 Å². The van der Waals surface area contributed by atoms with Crippen LogP contribution in [0.15, 0.2) is 35.0 Å². The highest BCUT2D eigenvalue weighted by Gasteiger charge is 2.23. The third kappa shape index (κ3) is 4.09. The molecule has 1 saturated heterocycles. The first-order valence-electron chi connectivity index (χ1n) is 10.0. The Kier molecular flexibility index (Phi) is 4.89. The van der Waals surface area contributed by atoms with Gasteiger partial charge in [-0.05, 0) is 51.0 Å². The highest BCUT2D eigenvalue weighted by molar-refractivity contribution is 5.43. The molecule has 2 aliphatic heterocycles. The number of rotatable bonds is 5. The Labute approximate surface area is 168 Å². The molecule has 0 amide bonds. The van der Waals surface area contributed by atoms with Gasteiger partial charge < -0.3 is 18.9 Å². The fourth-order valence-corrected chi connectivity index (χ4v) is 3.81. The summed E-state index contributed by atoms with van der Waals surface area (Å²) in [4.78, 5) is 6.88. The van der Waals surface area contributed by atoms with Crippen LogP contribution in [-0.4, -0.2) is 62.9 Å². The molecule has 3 aromatic rings. The van der Waals surface area contributed by atoms with Crippen LogP contribution in [0.2, 0.25) is 0 Å². The van der Waals surface area contributed by atoms with Crippen molar-refractivity contribution < 1.29 is 14.0 Å². The minimum atomic E-state index is -0.137. The lowest BCUT2D eigenvalue weighted by atomic mass is 9.94. The number of hydrogen-bond acceptors (Lipinski definition) is 8. The molecule has 0 bridgehead atoms. The molecule has 0 aliphatic carbocycles. The van der Waals surface area contributed by atoms with Gasteiger partial charge in [-0.1, -0.05) is 22.5 Å². The number of ether oxygens (including phenoxy) is 2. The summed E-state index contributed by atoms with van der Waals surface area (Å²) in [7, 11) is 2.16. The number of benzene rings is 1. The number of nitrogens with zero attached hydrogens (tertiary/aromatic N) is 6. The Morgan fingerprint density at radius 2 is 1.97 bits per heavy atom. The zero-order valence-corrected chi connectivity index (χ0v) is 16.4. The van der Waals surface area contributed by atoms with Gasteiger partial charge in [-0.2, -0.15) is 4.98 Å². The summed E-state index contributed by atoms with van der Waals surface area (Å²) in [5.74, 6) is 3.28. The van der Waals surface area contributed by atoms with Crippen LogP contribution < -0.4 is 9.47 Å². The molecule has 0 spiro atoms. The molecule has 1 atom stereocenters. The van der Waals surface area contributed by atoms with E-state index in [-0.39, 0.29) is 6.10 Å². The van der Waals surface area contributed by atoms with Crippen molar-refractivity contribution in [1.82, 2.24) is 30.0 Å². The molecule has 0 radical (unpaired) electrons. The fourth-order valence-electron chi connectivity index (χ4n) is 3.81. The average Bonchev–Trinajstić information content (AvgIpc) is 3.39. The molecule has 1 aromatic carbocycles. The van der Waals surface area contributed by atoms with Gasteiger partial charge in [0.2, 0.25) is 0 Å². The zero-order valence-electron chi connectivity index (χ0n) is 16.4. The van der Waals surface area contributed by atoms with Crippen LogP contribution in [0, 0.1) is 5.92 Å². The van der Waals surface area contributed by atoms with Crippen LogP contribution in [0.1, 0.15) is 18.7 Å². The predicted molar refractivity (Wildman–Crippen MR) is 104 cm³/mol. The summed E-state index contributed by atoms with van der Waals surface area (Å²) >= 11 is 0. The number of likely N-dealkylation sites (tertiary alicyclic amines) is 1. The van der Waals surface area contributed by atoms with Gasteiger partial charge in [-0.25, -0.2) is 4.68 Å². The first-order chi connectivity index (χ1) is 14.2. The summed E-state index contributed by atoms with van der Waals surface area (Å²) < 4.78 is 18.9. The fraction of sp³-hybridized carbons (Fsp3) is 0.500. The maximum Gasteiger partial charge on any atom is 0.280 e. The lowest BCUT2D eigenvalue weighted by Crippen LogP contribution is -2.33. The molecule has 4 heterocycles. The van der Waals surface area contributed by atoms with Crippen LogP contribution >= 0.6 is 0 Å². The Morgan fingerprint density at radius 3 is 2.83 bits per heavy atom. The standard InChI is InChI=1S/C20H24N6O3/c1-25-8-6-14(7-9-25)10-19-21-20(29-23-19)16-12-26(24-22-16)11-15-13-27-17-4-2-3-5-18(17)28-15/h2-5,12,14-15H,6-11,13H2,1H3/t15-/m1/s1. The molecule has 1 fully saturated rings. The van der Waals surface area contributed by atoms with Crippen molar-refractivity contribution in [1.29, 1.82) is 0 Å². The molecule has 29 heavy (non-hydrogen) atoms. The zero-order chi connectivity index (χ0) is 19.6. The van der Waals surface area contributed by atoms with Gasteiger partial charge in [0.1, 0.15) is 6.61 Å². The smallest absolute Gasteiger partial charge is 0.280 e. The number of hydrogen-bond donors (Lipinski definition) is 0. The summed E-state index contributed by atoms with van der Waals surface area (Å²) in [6.07, 6.45) is 4.85. The molecular weight excluding hydrogens is 372 g/mol. The van der Waals surface area contributed by atoms with E-state index < -0.39 is 0 Å². The third-order valence-electron chi connectivity index (χ3n) is 5.49. The number of aromatic nitrogens is 5. The average molecular weight is 396 g/mol. The number of piperidine rings is 1. The molecule has 152 valence electrons. The Balaban J connectivity index is 1.20. The highest BCUT2D eigenvalue weighted by Crippen LogP contribution is 2.31. The topological polar surface area (TPSA) is 91.3 Å². The lowest BCUT2D eigenvalue weighted by molar-refractivity contribution is 0.0755. The molecule has 9 nitrogen and oxygen atoms in total.